The zero-order valence-electron chi connectivity index (χ0n) is 15.3. The lowest BCUT2D eigenvalue weighted by Gasteiger charge is -2.06. The minimum atomic E-state index is -0.919. The fourth-order valence-corrected chi connectivity index (χ4v) is 1.96. The van der Waals surface area contributed by atoms with E-state index in [1.807, 2.05) is 0 Å². The van der Waals surface area contributed by atoms with Crippen molar-refractivity contribution in [1.29, 1.82) is 0 Å². The van der Waals surface area contributed by atoms with E-state index in [4.69, 9.17) is 9.47 Å². The van der Waals surface area contributed by atoms with Crippen molar-refractivity contribution in [2.75, 3.05) is 26.1 Å². The lowest BCUT2D eigenvalue weighted by atomic mass is 10.2. The van der Waals surface area contributed by atoms with Gasteiger partial charge < -0.3 is 19.5 Å². The van der Waals surface area contributed by atoms with E-state index in [2.05, 4.69) is 20.6 Å². The zero-order chi connectivity index (χ0) is 20.4. The highest BCUT2D eigenvalue weighted by molar-refractivity contribution is 6.39. The average Bonchev–Trinajstić information content (AvgIpc) is 2.72. The van der Waals surface area contributed by atoms with E-state index in [-0.39, 0.29) is 6.61 Å². The number of nitrogens with zero attached hydrogens (tertiary/aromatic N) is 1. The van der Waals surface area contributed by atoms with Crippen LogP contribution < -0.4 is 20.2 Å². The number of esters is 1. The number of hydrogen-bond donors (Lipinski definition) is 2. The summed E-state index contributed by atoms with van der Waals surface area (Å²) in [5.74, 6) is -1.24. The van der Waals surface area contributed by atoms with Crippen LogP contribution in [0, 0.1) is 0 Å². The van der Waals surface area contributed by atoms with Crippen molar-refractivity contribution >= 4 is 29.7 Å². The molecular weight excluding hydrogens is 366 g/mol. The number of hydrogen-bond acceptors (Lipinski definition) is 7. The largest absolute Gasteiger partial charge is 0.497 e. The predicted octanol–water partition coefficient (Wildman–Crippen LogP) is 1.34. The first-order valence-corrected chi connectivity index (χ1v) is 8.10. The summed E-state index contributed by atoms with van der Waals surface area (Å²) in [7, 11) is 2.77. The average molecular weight is 385 g/mol. The maximum atomic E-state index is 11.9. The molecule has 9 nitrogen and oxygen atoms in total. The molecule has 2 rings (SSSR count). The molecule has 0 radical (unpaired) electrons. The quantitative estimate of drug-likeness (QED) is 0.322. The van der Waals surface area contributed by atoms with Crippen LogP contribution in [0.1, 0.15) is 5.56 Å². The molecule has 9 heteroatoms. The highest BCUT2D eigenvalue weighted by Crippen LogP contribution is 2.16. The van der Waals surface area contributed by atoms with Crippen molar-refractivity contribution in [3.8, 4) is 11.5 Å². The molecule has 2 aromatic carbocycles. The number of nitrogens with one attached hydrogen (secondary N) is 2. The second-order valence-electron chi connectivity index (χ2n) is 5.32. The van der Waals surface area contributed by atoms with E-state index in [1.165, 1.54) is 20.4 Å². The van der Waals surface area contributed by atoms with Crippen molar-refractivity contribution < 1.29 is 28.6 Å². The number of anilines is 1. The smallest absolute Gasteiger partial charge is 0.343 e. The van der Waals surface area contributed by atoms with Gasteiger partial charge in [0, 0.05) is 11.8 Å². The van der Waals surface area contributed by atoms with Crippen molar-refractivity contribution in [2.45, 2.75) is 0 Å². The molecule has 0 aliphatic heterocycles. The van der Waals surface area contributed by atoms with Crippen LogP contribution in [0.4, 0.5) is 5.69 Å². The predicted molar refractivity (Wildman–Crippen MR) is 101 cm³/mol. The van der Waals surface area contributed by atoms with Gasteiger partial charge in [-0.2, -0.15) is 5.10 Å². The first kappa shape index (κ1) is 20.4. The summed E-state index contributed by atoms with van der Waals surface area (Å²) in [6.07, 6.45) is 1.36. The Morgan fingerprint density at radius 2 is 1.75 bits per heavy atom. The molecule has 0 spiro atoms. The number of ether oxygens (including phenoxy) is 3. The second kappa shape index (κ2) is 10.3. The summed E-state index contributed by atoms with van der Waals surface area (Å²) in [6, 6.07) is 13.2. The van der Waals surface area contributed by atoms with Gasteiger partial charge in [0.2, 0.25) is 0 Å². The standard InChI is InChI=1S/C19H19N3O6/c1-26-16-5-3-4-14(10-16)21-18(24)19(25)22-20-11-13-6-8-15(9-7-13)28-12-17(23)27-2/h3-11H,12H2,1-2H3,(H,21,24)(H,22,25)/b20-11-. The summed E-state index contributed by atoms with van der Waals surface area (Å²) in [5.41, 5.74) is 3.21. The number of methoxy groups -OCH3 is 2. The lowest BCUT2D eigenvalue weighted by Crippen LogP contribution is -2.32. The zero-order valence-corrected chi connectivity index (χ0v) is 15.3. The Bertz CT molecular complexity index is 864. The van der Waals surface area contributed by atoms with Gasteiger partial charge in [-0.25, -0.2) is 10.2 Å². The fourth-order valence-electron chi connectivity index (χ4n) is 1.96. The normalized spacial score (nSPS) is 10.2. The van der Waals surface area contributed by atoms with Crippen molar-refractivity contribution in [2.24, 2.45) is 5.10 Å². The number of rotatable bonds is 7. The molecular formula is C19H19N3O6. The number of carbonyl (C=O) groups excluding carboxylic acids is 3. The van der Waals surface area contributed by atoms with Crippen LogP contribution in [0.25, 0.3) is 0 Å². The summed E-state index contributed by atoms with van der Waals surface area (Å²) in [4.78, 5) is 34.7. The SMILES string of the molecule is COC(=O)COc1ccc(/C=N\NC(=O)C(=O)Nc2cccc(OC)c2)cc1. The molecule has 0 heterocycles. The summed E-state index contributed by atoms with van der Waals surface area (Å²) in [5, 5.41) is 6.17. The number of amides is 2. The molecule has 2 aromatic rings. The Hall–Kier alpha value is -3.88. The molecule has 0 saturated carbocycles. The van der Waals surface area contributed by atoms with Gasteiger partial charge in [0.05, 0.1) is 20.4 Å². The van der Waals surface area contributed by atoms with Gasteiger partial charge in [-0.1, -0.05) is 6.07 Å². The minimum Gasteiger partial charge on any atom is -0.497 e. The summed E-state index contributed by atoms with van der Waals surface area (Å²) in [6.45, 7) is -0.192. The third-order valence-electron chi connectivity index (χ3n) is 3.38. The van der Waals surface area contributed by atoms with Gasteiger partial charge in [0.1, 0.15) is 11.5 Å². The van der Waals surface area contributed by atoms with Gasteiger partial charge in [-0.3, -0.25) is 9.59 Å². The molecule has 146 valence electrons. The molecule has 0 fully saturated rings. The third kappa shape index (κ3) is 6.45. The number of carbonyl (C=O) groups is 3. The molecule has 0 aromatic heterocycles. The van der Waals surface area contributed by atoms with Gasteiger partial charge in [-0.15, -0.1) is 0 Å². The van der Waals surface area contributed by atoms with Crippen LogP contribution in [0.3, 0.4) is 0 Å². The van der Waals surface area contributed by atoms with Gasteiger partial charge in [0.25, 0.3) is 0 Å². The van der Waals surface area contributed by atoms with Crippen LogP contribution in [0.5, 0.6) is 11.5 Å². The van der Waals surface area contributed by atoms with Gasteiger partial charge >= 0.3 is 17.8 Å². The Balaban J connectivity index is 1.83. The van der Waals surface area contributed by atoms with E-state index in [1.54, 1.807) is 48.5 Å². The molecule has 0 bridgehead atoms. The van der Waals surface area contributed by atoms with Crippen molar-refractivity contribution in [3.63, 3.8) is 0 Å². The van der Waals surface area contributed by atoms with Gasteiger partial charge in [-0.05, 0) is 42.0 Å². The molecule has 0 atom stereocenters. The Morgan fingerprint density at radius 3 is 2.43 bits per heavy atom. The Morgan fingerprint density at radius 1 is 1.00 bits per heavy atom. The number of hydrazone groups is 1. The molecule has 0 saturated heterocycles. The van der Waals surface area contributed by atoms with Crippen LogP contribution in [0.2, 0.25) is 0 Å². The Labute approximate surface area is 161 Å². The highest BCUT2D eigenvalue weighted by Gasteiger charge is 2.13. The topological polar surface area (TPSA) is 115 Å². The van der Waals surface area contributed by atoms with Crippen molar-refractivity contribution in [3.05, 3.63) is 54.1 Å². The van der Waals surface area contributed by atoms with E-state index < -0.39 is 17.8 Å². The molecule has 0 aliphatic rings. The summed E-state index contributed by atoms with van der Waals surface area (Å²) < 4.78 is 14.7. The minimum absolute atomic E-state index is 0.192. The van der Waals surface area contributed by atoms with Gasteiger partial charge in [0.15, 0.2) is 6.61 Å². The maximum absolute atomic E-state index is 11.9. The van der Waals surface area contributed by atoms with Crippen LogP contribution in [0.15, 0.2) is 53.6 Å². The fraction of sp³-hybridized carbons (Fsp3) is 0.158. The van der Waals surface area contributed by atoms with E-state index in [0.717, 1.165) is 0 Å². The first-order chi connectivity index (χ1) is 13.5. The van der Waals surface area contributed by atoms with E-state index >= 15 is 0 Å². The van der Waals surface area contributed by atoms with Crippen LogP contribution >= 0.6 is 0 Å². The molecule has 0 aliphatic carbocycles. The summed E-state index contributed by atoms with van der Waals surface area (Å²) >= 11 is 0. The number of benzene rings is 2. The highest BCUT2D eigenvalue weighted by atomic mass is 16.6. The molecule has 2 amide bonds. The monoisotopic (exact) mass is 385 g/mol. The van der Waals surface area contributed by atoms with E-state index in [0.29, 0.717) is 22.7 Å². The van der Waals surface area contributed by atoms with E-state index in [9.17, 15) is 14.4 Å². The molecule has 2 N–H and O–H groups in total. The second-order valence-corrected chi connectivity index (χ2v) is 5.32. The third-order valence-corrected chi connectivity index (χ3v) is 3.38. The van der Waals surface area contributed by atoms with Crippen LogP contribution in [-0.4, -0.2) is 44.8 Å². The molecule has 28 heavy (non-hydrogen) atoms. The Kier molecular flexibility index (Phi) is 7.53. The first-order valence-electron chi connectivity index (χ1n) is 8.10. The maximum Gasteiger partial charge on any atom is 0.343 e. The van der Waals surface area contributed by atoms with Crippen molar-refractivity contribution in [1.82, 2.24) is 5.43 Å². The van der Waals surface area contributed by atoms with Crippen LogP contribution in [-0.2, 0) is 19.1 Å². The lowest BCUT2D eigenvalue weighted by molar-refractivity contribution is -0.142. The molecule has 0 unspecified atom stereocenters.